The van der Waals surface area contributed by atoms with E-state index in [0.29, 0.717) is 16.7 Å². The van der Waals surface area contributed by atoms with Gasteiger partial charge in [-0.05, 0) is 61.7 Å². The lowest BCUT2D eigenvalue weighted by Crippen LogP contribution is -2.48. The molecule has 2 bridgehead atoms. The van der Waals surface area contributed by atoms with Crippen LogP contribution in [0.4, 0.5) is 0 Å². The molecule has 0 N–H and O–H groups in total. The number of rotatable bonds is 2. The molecule has 3 aliphatic carbocycles. The Morgan fingerprint density at radius 2 is 1.76 bits per heavy atom. The third-order valence-corrected chi connectivity index (χ3v) is 7.57. The van der Waals surface area contributed by atoms with Crippen molar-refractivity contribution >= 4 is 5.97 Å². The summed E-state index contributed by atoms with van der Waals surface area (Å²) in [4.78, 5) is 12.2. The SMILES string of the molecule is CC(C)C(=O)OC1(C)CCC23CC1C(C)(C)C2CCC3C. The predicted octanol–water partition coefficient (Wildman–Crippen LogP) is 4.82. The summed E-state index contributed by atoms with van der Waals surface area (Å²) >= 11 is 0. The smallest absolute Gasteiger partial charge is 0.308 e. The lowest BCUT2D eigenvalue weighted by atomic mass is 9.64. The van der Waals surface area contributed by atoms with Gasteiger partial charge in [-0.1, -0.05) is 34.6 Å². The molecule has 0 aromatic rings. The van der Waals surface area contributed by atoms with Crippen LogP contribution in [0.15, 0.2) is 0 Å². The molecular formula is C19H32O2. The fourth-order valence-corrected chi connectivity index (χ4v) is 6.33. The summed E-state index contributed by atoms with van der Waals surface area (Å²) < 4.78 is 6.06. The fourth-order valence-electron chi connectivity index (χ4n) is 6.33. The molecule has 21 heavy (non-hydrogen) atoms. The highest BCUT2D eigenvalue weighted by atomic mass is 16.6. The third kappa shape index (κ3) is 1.93. The first kappa shape index (κ1) is 15.4. The molecule has 0 aromatic carbocycles. The van der Waals surface area contributed by atoms with Gasteiger partial charge >= 0.3 is 5.97 Å². The van der Waals surface area contributed by atoms with Crippen LogP contribution in [0.25, 0.3) is 0 Å². The van der Waals surface area contributed by atoms with Crippen molar-refractivity contribution in [2.75, 3.05) is 0 Å². The lowest BCUT2D eigenvalue weighted by Gasteiger charge is -2.46. The van der Waals surface area contributed by atoms with E-state index in [2.05, 4.69) is 27.7 Å². The van der Waals surface area contributed by atoms with E-state index in [1.807, 2.05) is 13.8 Å². The summed E-state index contributed by atoms with van der Waals surface area (Å²) in [5, 5.41) is 0. The Morgan fingerprint density at radius 1 is 1.10 bits per heavy atom. The highest BCUT2D eigenvalue weighted by Gasteiger charge is 2.68. The van der Waals surface area contributed by atoms with Crippen LogP contribution in [0.3, 0.4) is 0 Å². The van der Waals surface area contributed by atoms with Crippen molar-refractivity contribution in [2.24, 2.45) is 34.5 Å². The molecule has 1 spiro atoms. The van der Waals surface area contributed by atoms with Crippen LogP contribution in [0.1, 0.15) is 73.6 Å². The summed E-state index contributed by atoms with van der Waals surface area (Å²) in [5.74, 6) is 2.14. The van der Waals surface area contributed by atoms with E-state index in [0.717, 1.165) is 18.3 Å². The molecule has 0 aromatic heterocycles. The summed E-state index contributed by atoms with van der Waals surface area (Å²) in [6, 6.07) is 0. The minimum Gasteiger partial charge on any atom is -0.459 e. The van der Waals surface area contributed by atoms with E-state index in [-0.39, 0.29) is 17.5 Å². The average Bonchev–Trinajstić information content (AvgIpc) is 2.80. The number of hydrogen-bond donors (Lipinski definition) is 0. The first-order valence-corrected chi connectivity index (χ1v) is 8.86. The van der Waals surface area contributed by atoms with Crippen molar-refractivity contribution in [3.63, 3.8) is 0 Å². The minimum atomic E-state index is -0.250. The summed E-state index contributed by atoms with van der Waals surface area (Å²) in [5.41, 5.74) is 0.589. The van der Waals surface area contributed by atoms with Crippen molar-refractivity contribution in [2.45, 2.75) is 79.2 Å². The summed E-state index contributed by atoms with van der Waals surface area (Å²) in [7, 11) is 0. The first-order chi connectivity index (χ1) is 9.63. The van der Waals surface area contributed by atoms with Crippen molar-refractivity contribution in [3.05, 3.63) is 0 Å². The van der Waals surface area contributed by atoms with Gasteiger partial charge in [0.15, 0.2) is 0 Å². The number of ether oxygens (including phenoxy) is 1. The Balaban J connectivity index is 1.92. The number of esters is 1. The Hall–Kier alpha value is -0.530. The van der Waals surface area contributed by atoms with Crippen LogP contribution in [-0.4, -0.2) is 11.6 Å². The zero-order valence-electron chi connectivity index (χ0n) is 14.7. The van der Waals surface area contributed by atoms with Gasteiger partial charge in [0.25, 0.3) is 0 Å². The second-order valence-electron chi connectivity index (χ2n) is 9.23. The molecule has 5 unspecified atom stereocenters. The standard InChI is InChI=1S/C19H32O2/c1-12(2)16(20)21-18(6)9-10-19-11-15(18)17(4,5)14(19)8-7-13(19)3/h12-15H,7-11H2,1-6H3. The number of carbonyl (C=O) groups is 1. The van der Waals surface area contributed by atoms with Gasteiger partial charge in [0.1, 0.15) is 5.60 Å². The third-order valence-electron chi connectivity index (χ3n) is 7.57. The molecule has 0 radical (unpaired) electrons. The molecule has 0 saturated heterocycles. The quantitative estimate of drug-likeness (QED) is 0.682. The van der Waals surface area contributed by atoms with Gasteiger partial charge in [-0.3, -0.25) is 4.79 Å². The predicted molar refractivity (Wildman–Crippen MR) is 84.8 cm³/mol. The van der Waals surface area contributed by atoms with Gasteiger partial charge in [-0.2, -0.15) is 0 Å². The van der Waals surface area contributed by atoms with E-state index in [9.17, 15) is 4.79 Å². The van der Waals surface area contributed by atoms with Crippen molar-refractivity contribution in [1.82, 2.24) is 0 Å². The number of carbonyl (C=O) groups excluding carboxylic acids is 1. The van der Waals surface area contributed by atoms with E-state index < -0.39 is 0 Å². The Morgan fingerprint density at radius 3 is 2.38 bits per heavy atom. The molecule has 0 aliphatic heterocycles. The second kappa shape index (κ2) is 4.49. The topological polar surface area (TPSA) is 26.3 Å². The molecular weight excluding hydrogens is 260 g/mol. The maximum Gasteiger partial charge on any atom is 0.308 e. The van der Waals surface area contributed by atoms with E-state index in [1.165, 1.54) is 25.7 Å². The van der Waals surface area contributed by atoms with E-state index in [1.54, 1.807) is 0 Å². The lowest BCUT2D eigenvalue weighted by molar-refractivity contribution is -0.177. The Labute approximate surface area is 130 Å². The molecule has 0 amide bonds. The molecule has 3 saturated carbocycles. The van der Waals surface area contributed by atoms with Gasteiger partial charge in [0.05, 0.1) is 5.92 Å². The van der Waals surface area contributed by atoms with Gasteiger partial charge in [-0.25, -0.2) is 0 Å². The van der Waals surface area contributed by atoms with Gasteiger partial charge in [0.2, 0.25) is 0 Å². The molecule has 5 atom stereocenters. The highest BCUT2D eigenvalue weighted by molar-refractivity contribution is 5.72. The summed E-state index contributed by atoms with van der Waals surface area (Å²) in [6.07, 6.45) is 6.34. The molecule has 3 fully saturated rings. The van der Waals surface area contributed by atoms with Crippen LogP contribution in [0.5, 0.6) is 0 Å². The molecule has 2 nitrogen and oxygen atoms in total. The maximum atomic E-state index is 12.2. The van der Waals surface area contributed by atoms with Crippen molar-refractivity contribution in [3.8, 4) is 0 Å². The first-order valence-electron chi connectivity index (χ1n) is 8.86. The minimum absolute atomic E-state index is 0.0191. The monoisotopic (exact) mass is 292 g/mol. The largest absolute Gasteiger partial charge is 0.459 e. The molecule has 3 rings (SSSR count). The van der Waals surface area contributed by atoms with Gasteiger partial charge in [-0.15, -0.1) is 0 Å². The highest BCUT2D eigenvalue weighted by Crippen LogP contribution is 2.73. The average molecular weight is 292 g/mol. The Kier molecular flexibility index (Phi) is 3.28. The summed E-state index contributed by atoms with van der Waals surface area (Å²) in [6.45, 7) is 13.4. The zero-order valence-corrected chi connectivity index (χ0v) is 14.7. The van der Waals surface area contributed by atoms with Crippen LogP contribution < -0.4 is 0 Å². The van der Waals surface area contributed by atoms with Crippen molar-refractivity contribution in [1.29, 1.82) is 0 Å². The van der Waals surface area contributed by atoms with Gasteiger partial charge in [0, 0.05) is 5.92 Å². The second-order valence-corrected chi connectivity index (χ2v) is 9.23. The normalized spacial score (nSPS) is 47.5. The molecule has 120 valence electrons. The van der Waals surface area contributed by atoms with Crippen LogP contribution in [0.2, 0.25) is 0 Å². The van der Waals surface area contributed by atoms with Crippen LogP contribution >= 0.6 is 0 Å². The van der Waals surface area contributed by atoms with E-state index >= 15 is 0 Å². The number of fused-ring (bicyclic) bond motifs is 1. The maximum absolute atomic E-state index is 12.2. The molecule has 3 aliphatic rings. The van der Waals surface area contributed by atoms with Crippen LogP contribution in [0, 0.1) is 34.5 Å². The van der Waals surface area contributed by atoms with Crippen LogP contribution in [-0.2, 0) is 9.53 Å². The molecule has 2 heteroatoms. The van der Waals surface area contributed by atoms with Crippen molar-refractivity contribution < 1.29 is 9.53 Å². The van der Waals surface area contributed by atoms with E-state index in [4.69, 9.17) is 4.74 Å². The fraction of sp³-hybridized carbons (Fsp3) is 0.947. The Bertz CT molecular complexity index is 452. The molecule has 0 heterocycles. The number of hydrogen-bond acceptors (Lipinski definition) is 2. The van der Waals surface area contributed by atoms with Gasteiger partial charge < -0.3 is 4.74 Å². The zero-order chi connectivity index (χ0) is 15.6.